The second-order valence-corrected chi connectivity index (χ2v) is 11.5. The molecule has 0 spiro atoms. The summed E-state index contributed by atoms with van der Waals surface area (Å²) in [5.41, 5.74) is -0.127. The topological polar surface area (TPSA) is 65.1 Å². The zero-order valence-electron chi connectivity index (χ0n) is 21.4. The van der Waals surface area contributed by atoms with Gasteiger partial charge >= 0.3 is 5.97 Å². The molecule has 2 saturated heterocycles. The van der Waals surface area contributed by atoms with E-state index in [1.807, 2.05) is 74.2 Å². The van der Waals surface area contributed by atoms with Crippen LogP contribution in [0.25, 0.3) is 0 Å². The minimum Gasteiger partial charge on any atom is -0.497 e. The third kappa shape index (κ3) is 3.81. The van der Waals surface area contributed by atoms with Crippen molar-refractivity contribution < 1.29 is 23.8 Å². The molecule has 1 aliphatic carbocycles. The number of esters is 1. The first-order valence-electron chi connectivity index (χ1n) is 12.6. The smallest absolute Gasteiger partial charge is 0.313 e. The zero-order chi connectivity index (χ0) is 25.7. The van der Waals surface area contributed by atoms with E-state index < -0.39 is 16.4 Å². The quantitative estimate of drug-likeness (QED) is 0.488. The number of methoxy groups -OCH3 is 1. The van der Waals surface area contributed by atoms with Gasteiger partial charge in [0.15, 0.2) is 5.60 Å². The Labute approximate surface area is 217 Å². The van der Waals surface area contributed by atoms with Crippen LogP contribution in [0.15, 0.2) is 48.5 Å². The molecule has 2 bridgehead atoms. The van der Waals surface area contributed by atoms with Gasteiger partial charge in [0.05, 0.1) is 25.2 Å². The maximum absolute atomic E-state index is 14.0. The van der Waals surface area contributed by atoms with Crippen molar-refractivity contribution in [2.45, 2.75) is 64.3 Å². The molecule has 36 heavy (non-hydrogen) atoms. The highest BCUT2D eigenvalue weighted by molar-refractivity contribution is 6.30. The Morgan fingerprint density at radius 2 is 1.78 bits per heavy atom. The van der Waals surface area contributed by atoms with Crippen LogP contribution in [-0.4, -0.2) is 48.7 Å². The van der Waals surface area contributed by atoms with Gasteiger partial charge in [-0.15, -0.1) is 0 Å². The maximum Gasteiger partial charge on any atom is 0.313 e. The van der Waals surface area contributed by atoms with Crippen LogP contribution in [0.5, 0.6) is 5.75 Å². The molecule has 6 nitrogen and oxygen atoms in total. The van der Waals surface area contributed by atoms with E-state index in [1.54, 1.807) is 7.11 Å². The molecule has 1 amide bonds. The monoisotopic (exact) mass is 511 g/mol. The van der Waals surface area contributed by atoms with Gasteiger partial charge in [-0.25, -0.2) is 0 Å². The Kier molecular flexibility index (Phi) is 6.32. The van der Waals surface area contributed by atoms with Crippen LogP contribution >= 0.6 is 11.6 Å². The normalized spacial score (nSPS) is 30.8. The van der Waals surface area contributed by atoms with E-state index >= 15 is 0 Å². The Morgan fingerprint density at radius 3 is 2.36 bits per heavy atom. The van der Waals surface area contributed by atoms with Crippen LogP contribution in [0.2, 0.25) is 5.02 Å². The molecule has 7 heteroatoms. The molecule has 2 aliphatic heterocycles. The number of piperidine rings is 1. The van der Waals surface area contributed by atoms with Crippen molar-refractivity contribution in [3.63, 3.8) is 0 Å². The Morgan fingerprint density at radius 1 is 1.08 bits per heavy atom. The number of hydrogen-bond donors (Lipinski definition) is 0. The SMILES string of the molecule is COc1ccc(CO[C@H]2CN(C(=O)[C@@]34CC[C@@](C)(C(=O)O3)C4(C)C)CC[C@@H]2c2ccc(Cl)cc2)cc1. The van der Waals surface area contributed by atoms with Gasteiger partial charge < -0.3 is 19.1 Å². The largest absolute Gasteiger partial charge is 0.497 e. The fraction of sp³-hybridized carbons (Fsp3) is 0.517. The summed E-state index contributed by atoms with van der Waals surface area (Å²) in [5, 5.41) is 0.690. The number of ether oxygens (including phenoxy) is 3. The van der Waals surface area contributed by atoms with Crippen LogP contribution in [-0.2, 0) is 25.7 Å². The summed E-state index contributed by atoms with van der Waals surface area (Å²) in [7, 11) is 1.64. The van der Waals surface area contributed by atoms with E-state index in [0.717, 1.165) is 23.3 Å². The second-order valence-electron chi connectivity index (χ2n) is 11.1. The van der Waals surface area contributed by atoms with Crippen molar-refractivity contribution >= 4 is 23.5 Å². The summed E-state index contributed by atoms with van der Waals surface area (Å²) < 4.78 is 17.6. The second kappa shape index (κ2) is 9.07. The van der Waals surface area contributed by atoms with Gasteiger partial charge in [-0.2, -0.15) is 0 Å². The predicted octanol–water partition coefficient (Wildman–Crippen LogP) is 5.37. The number of likely N-dealkylation sites (tertiary alicyclic amines) is 1. The highest BCUT2D eigenvalue weighted by Gasteiger charge is 2.76. The number of fused-ring (bicyclic) bond motifs is 2. The average Bonchev–Trinajstić information content (AvgIpc) is 3.18. The van der Waals surface area contributed by atoms with Gasteiger partial charge in [0.2, 0.25) is 0 Å². The van der Waals surface area contributed by atoms with Gasteiger partial charge in [-0.05, 0) is 61.6 Å². The molecule has 2 heterocycles. The number of benzene rings is 2. The first-order valence-corrected chi connectivity index (χ1v) is 13.0. The summed E-state index contributed by atoms with van der Waals surface area (Å²) in [6, 6.07) is 15.7. The molecule has 0 unspecified atom stereocenters. The molecule has 1 saturated carbocycles. The van der Waals surface area contributed by atoms with E-state index in [2.05, 4.69) is 0 Å². The van der Waals surface area contributed by atoms with Gasteiger partial charge in [0.1, 0.15) is 5.75 Å². The third-order valence-corrected chi connectivity index (χ3v) is 9.45. The van der Waals surface area contributed by atoms with Crippen LogP contribution in [0, 0.1) is 10.8 Å². The molecule has 0 N–H and O–H groups in total. The molecule has 5 rings (SSSR count). The fourth-order valence-electron chi connectivity index (χ4n) is 6.26. The van der Waals surface area contributed by atoms with E-state index in [1.165, 1.54) is 0 Å². The van der Waals surface area contributed by atoms with Crippen LogP contribution in [0.3, 0.4) is 0 Å². The molecule has 2 aromatic rings. The van der Waals surface area contributed by atoms with Crippen molar-refractivity contribution in [1.29, 1.82) is 0 Å². The van der Waals surface area contributed by atoms with Crippen molar-refractivity contribution in [3.8, 4) is 5.75 Å². The first-order chi connectivity index (χ1) is 17.1. The average molecular weight is 512 g/mol. The first kappa shape index (κ1) is 25.1. The molecule has 3 fully saturated rings. The minimum atomic E-state index is -1.10. The van der Waals surface area contributed by atoms with E-state index in [9.17, 15) is 9.59 Å². The summed E-state index contributed by atoms with van der Waals surface area (Å²) in [4.78, 5) is 28.6. The van der Waals surface area contributed by atoms with Crippen molar-refractivity contribution in [2.75, 3.05) is 20.2 Å². The molecule has 0 radical (unpaired) electrons. The van der Waals surface area contributed by atoms with Crippen molar-refractivity contribution in [2.24, 2.45) is 10.8 Å². The van der Waals surface area contributed by atoms with Crippen LogP contribution in [0.4, 0.5) is 0 Å². The Balaban J connectivity index is 1.38. The molecular weight excluding hydrogens is 478 g/mol. The van der Waals surface area contributed by atoms with Crippen LogP contribution < -0.4 is 4.74 Å². The number of nitrogens with zero attached hydrogens (tertiary/aromatic N) is 1. The number of rotatable bonds is 6. The lowest BCUT2D eigenvalue weighted by molar-refractivity contribution is -0.176. The van der Waals surface area contributed by atoms with E-state index in [4.69, 9.17) is 25.8 Å². The maximum atomic E-state index is 14.0. The van der Waals surface area contributed by atoms with Gasteiger partial charge in [0.25, 0.3) is 5.91 Å². The van der Waals surface area contributed by atoms with Gasteiger partial charge in [-0.3, -0.25) is 9.59 Å². The lowest BCUT2D eigenvalue weighted by Gasteiger charge is -2.44. The Hall–Kier alpha value is -2.57. The fourth-order valence-corrected chi connectivity index (χ4v) is 6.39. The number of halogens is 1. The lowest BCUT2D eigenvalue weighted by Crippen LogP contribution is -2.58. The highest BCUT2D eigenvalue weighted by Crippen LogP contribution is 2.66. The van der Waals surface area contributed by atoms with E-state index in [-0.39, 0.29) is 23.9 Å². The summed E-state index contributed by atoms with van der Waals surface area (Å²) >= 11 is 6.14. The van der Waals surface area contributed by atoms with E-state index in [0.29, 0.717) is 37.6 Å². The van der Waals surface area contributed by atoms with Crippen LogP contribution in [0.1, 0.15) is 57.1 Å². The molecule has 0 aromatic heterocycles. The standard InChI is InChI=1S/C29H34ClNO5/c1-27(2)28(3)14-15-29(27,36-26(28)33)25(32)31-16-13-23(20-7-9-21(30)10-8-20)24(17-31)35-18-19-5-11-22(34-4)12-6-19/h5-12,23-24H,13-18H2,1-4H3/t23-,24+,28+,29-/m1/s1. The molecule has 192 valence electrons. The number of carbonyl (C=O) groups excluding carboxylic acids is 2. The Bertz CT molecular complexity index is 1150. The molecule has 3 aliphatic rings. The van der Waals surface area contributed by atoms with Crippen molar-refractivity contribution in [1.82, 2.24) is 4.90 Å². The number of amides is 1. The minimum absolute atomic E-state index is 0.0883. The number of carbonyl (C=O) groups is 2. The predicted molar refractivity (Wildman–Crippen MR) is 137 cm³/mol. The molecule has 2 aromatic carbocycles. The summed E-state index contributed by atoms with van der Waals surface area (Å²) in [6.45, 7) is 7.38. The van der Waals surface area contributed by atoms with Gasteiger partial charge in [-0.1, -0.05) is 49.7 Å². The lowest BCUT2D eigenvalue weighted by atomic mass is 9.66. The summed E-state index contributed by atoms with van der Waals surface area (Å²) in [5.74, 6) is 0.573. The zero-order valence-corrected chi connectivity index (χ0v) is 22.1. The summed E-state index contributed by atoms with van der Waals surface area (Å²) in [6.07, 6.45) is 1.77. The van der Waals surface area contributed by atoms with Crippen molar-refractivity contribution in [3.05, 3.63) is 64.7 Å². The van der Waals surface area contributed by atoms with Gasteiger partial charge in [0, 0.05) is 29.4 Å². The molecule has 4 atom stereocenters. The third-order valence-electron chi connectivity index (χ3n) is 9.20. The number of hydrogen-bond acceptors (Lipinski definition) is 5. The molecular formula is C29H34ClNO5. The highest BCUT2D eigenvalue weighted by atomic mass is 35.5.